The smallest absolute Gasteiger partial charge is 0.318 e. The van der Waals surface area contributed by atoms with Crippen LogP contribution >= 0.6 is 11.3 Å². The molecule has 0 aliphatic carbocycles. The van der Waals surface area contributed by atoms with Crippen molar-refractivity contribution in [3.05, 3.63) is 81.8 Å². The van der Waals surface area contributed by atoms with Gasteiger partial charge in [-0.05, 0) is 49.4 Å². The van der Waals surface area contributed by atoms with E-state index in [1.807, 2.05) is 44.4 Å². The van der Waals surface area contributed by atoms with Gasteiger partial charge in [-0.3, -0.25) is 4.79 Å². The monoisotopic (exact) mass is 688 g/mol. The number of nitrogens with one attached hydrogen (secondary N) is 2. The quantitative estimate of drug-likeness (QED) is 0.0864. The molecule has 3 amide bonds. The summed E-state index contributed by atoms with van der Waals surface area (Å²) in [4.78, 5) is 32.3. The van der Waals surface area contributed by atoms with Crippen molar-refractivity contribution in [1.29, 1.82) is 0 Å². The molecule has 0 bridgehead atoms. The minimum absolute atomic E-state index is 0.0158. The predicted octanol–water partition coefficient (Wildman–Crippen LogP) is 2.59. The van der Waals surface area contributed by atoms with Gasteiger partial charge in [-0.2, -0.15) is 4.31 Å². The van der Waals surface area contributed by atoms with E-state index in [2.05, 4.69) is 20.8 Å². The third-order valence-electron chi connectivity index (χ3n) is 7.23. The standard InChI is InChI=1S/C32H44N6O7S2/c1-21(2)17-38(47(44,45)27-13-11-25(12-14-27)16-33-43)19-29(40)28(15-24-9-7-6-8-10-24)35-31(41)30(22(3)39)36-32(42)37(5)18-26-20-46-23(4)34-26/h6-14,16,20-22,28-30,39-40,43H,15,17-19H2,1-5H3,(H,35,41)(H,36,42)/b33-16+/t22-,28-,29+,30-/m0/s1. The van der Waals surface area contributed by atoms with Crippen LogP contribution in [0, 0.1) is 12.8 Å². The molecule has 0 aliphatic heterocycles. The van der Waals surface area contributed by atoms with Crippen LogP contribution in [0.25, 0.3) is 0 Å². The van der Waals surface area contributed by atoms with Gasteiger partial charge in [-0.1, -0.05) is 61.5 Å². The van der Waals surface area contributed by atoms with Crippen molar-refractivity contribution in [2.45, 2.75) is 69.8 Å². The zero-order chi connectivity index (χ0) is 34.7. The number of hydrogen-bond acceptors (Lipinski definition) is 10. The topological polar surface area (TPSA) is 185 Å². The Morgan fingerprint density at radius 1 is 1.02 bits per heavy atom. The van der Waals surface area contributed by atoms with E-state index in [0.29, 0.717) is 11.3 Å². The third-order valence-corrected chi connectivity index (χ3v) is 9.90. The number of oxime groups is 1. The van der Waals surface area contributed by atoms with Crippen LogP contribution in [-0.2, 0) is 27.8 Å². The highest BCUT2D eigenvalue weighted by atomic mass is 32.2. The number of nitrogens with zero attached hydrogens (tertiary/aromatic N) is 4. The van der Waals surface area contributed by atoms with Crippen molar-refractivity contribution in [1.82, 2.24) is 24.8 Å². The molecule has 3 rings (SSSR count). The van der Waals surface area contributed by atoms with Crippen LogP contribution in [0.3, 0.4) is 0 Å². The molecule has 256 valence electrons. The van der Waals surface area contributed by atoms with Crippen LogP contribution in [0.15, 0.2) is 70.0 Å². The van der Waals surface area contributed by atoms with Crippen LogP contribution in [0.2, 0.25) is 0 Å². The lowest BCUT2D eigenvalue weighted by molar-refractivity contribution is -0.127. The summed E-state index contributed by atoms with van der Waals surface area (Å²) in [5, 5.41) is 41.8. The maximum Gasteiger partial charge on any atom is 0.318 e. The summed E-state index contributed by atoms with van der Waals surface area (Å²) in [5.41, 5.74) is 1.95. The van der Waals surface area contributed by atoms with E-state index in [4.69, 9.17) is 5.21 Å². The van der Waals surface area contributed by atoms with Gasteiger partial charge in [0.05, 0.1) is 46.6 Å². The number of thiazole rings is 1. The molecule has 0 spiro atoms. The number of aliphatic hydroxyl groups excluding tert-OH is 2. The number of aryl methyl sites for hydroxylation is 1. The minimum Gasteiger partial charge on any atom is -0.411 e. The van der Waals surface area contributed by atoms with Crippen LogP contribution in [0.4, 0.5) is 4.79 Å². The van der Waals surface area contributed by atoms with Crippen LogP contribution in [0.1, 0.15) is 42.6 Å². The van der Waals surface area contributed by atoms with Crippen molar-refractivity contribution < 1.29 is 33.4 Å². The number of aromatic nitrogens is 1. The molecule has 2 aromatic carbocycles. The number of rotatable bonds is 16. The Morgan fingerprint density at radius 3 is 2.23 bits per heavy atom. The molecule has 15 heteroatoms. The van der Waals surface area contributed by atoms with Gasteiger partial charge in [0, 0.05) is 25.5 Å². The van der Waals surface area contributed by atoms with Crippen molar-refractivity contribution in [3.8, 4) is 0 Å². The molecule has 5 N–H and O–H groups in total. The molecular weight excluding hydrogens is 645 g/mol. The summed E-state index contributed by atoms with van der Waals surface area (Å²) in [6.45, 7) is 6.85. The summed E-state index contributed by atoms with van der Waals surface area (Å²) < 4.78 is 28.7. The fourth-order valence-corrected chi connectivity index (χ4v) is 7.05. The Bertz CT molecular complexity index is 1580. The van der Waals surface area contributed by atoms with E-state index >= 15 is 0 Å². The Labute approximate surface area is 280 Å². The number of amides is 3. The Kier molecular flexibility index (Phi) is 13.8. The van der Waals surface area contributed by atoms with Crippen LogP contribution < -0.4 is 10.6 Å². The lowest BCUT2D eigenvalue weighted by atomic mass is 10.00. The molecule has 0 radical (unpaired) electrons. The van der Waals surface area contributed by atoms with Gasteiger partial charge < -0.3 is 31.0 Å². The first-order valence-corrected chi connectivity index (χ1v) is 17.4. The van der Waals surface area contributed by atoms with Gasteiger partial charge in [0.15, 0.2) is 0 Å². The van der Waals surface area contributed by atoms with Crippen molar-refractivity contribution >= 4 is 39.5 Å². The average molecular weight is 689 g/mol. The van der Waals surface area contributed by atoms with E-state index < -0.39 is 46.3 Å². The fourth-order valence-electron chi connectivity index (χ4n) is 4.82. The highest BCUT2D eigenvalue weighted by molar-refractivity contribution is 7.89. The van der Waals surface area contributed by atoms with Gasteiger partial charge in [-0.25, -0.2) is 18.2 Å². The molecule has 4 atom stereocenters. The number of carbonyl (C=O) groups excluding carboxylic acids is 2. The van der Waals surface area contributed by atoms with Crippen LogP contribution in [-0.4, -0.2) is 101 Å². The molecule has 3 aromatic rings. The fraction of sp³-hybridized carbons (Fsp3) is 0.438. The Balaban J connectivity index is 1.84. The summed E-state index contributed by atoms with van der Waals surface area (Å²) in [7, 11) is -2.55. The maximum atomic E-state index is 13.7. The third kappa shape index (κ3) is 11.1. The molecule has 1 heterocycles. The molecule has 0 saturated heterocycles. The van der Waals surface area contributed by atoms with Crippen molar-refractivity contribution in [3.63, 3.8) is 0 Å². The molecule has 1 aromatic heterocycles. The van der Waals surface area contributed by atoms with Gasteiger partial charge in [0.1, 0.15) is 6.04 Å². The lowest BCUT2D eigenvalue weighted by Crippen LogP contribution is -2.59. The molecule has 0 unspecified atom stereocenters. The number of sulfonamides is 1. The van der Waals surface area contributed by atoms with Gasteiger partial charge in [0.2, 0.25) is 15.9 Å². The Morgan fingerprint density at radius 2 is 1.68 bits per heavy atom. The number of urea groups is 1. The normalized spacial score (nSPS) is 14.6. The first kappa shape index (κ1) is 37.6. The second kappa shape index (κ2) is 17.3. The molecule has 0 fully saturated rings. The second-order valence-electron chi connectivity index (χ2n) is 11.8. The first-order chi connectivity index (χ1) is 22.2. The summed E-state index contributed by atoms with van der Waals surface area (Å²) in [6, 6.07) is 11.9. The van der Waals surface area contributed by atoms with E-state index in [0.717, 1.165) is 10.6 Å². The molecule has 0 saturated carbocycles. The van der Waals surface area contributed by atoms with Gasteiger partial charge >= 0.3 is 6.03 Å². The van der Waals surface area contributed by atoms with Crippen molar-refractivity contribution in [2.75, 3.05) is 20.1 Å². The van der Waals surface area contributed by atoms with Crippen molar-refractivity contribution in [2.24, 2.45) is 11.1 Å². The highest BCUT2D eigenvalue weighted by Gasteiger charge is 2.34. The molecular formula is C32H44N6O7S2. The molecule has 13 nitrogen and oxygen atoms in total. The summed E-state index contributed by atoms with van der Waals surface area (Å²) in [5.74, 6) is -0.842. The van der Waals surface area contributed by atoms with Crippen LogP contribution in [0.5, 0.6) is 0 Å². The SMILES string of the molecule is Cc1nc(CN(C)C(=O)N[C@H](C(=O)N[C@@H](Cc2ccccc2)[C@H](O)CN(CC(C)C)S(=O)(=O)c2ccc(/C=N/O)cc2)[C@H](C)O)cs1. The van der Waals surface area contributed by atoms with E-state index in [1.54, 1.807) is 19.2 Å². The first-order valence-electron chi connectivity index (χ1n) is 15.1. The number of carbonyl (C=O) groups is 2. The number of hydrogen-bond donors (Lipinski definition) is 5. The lowest BCUT2D eigenvalue weighted by Gasteiger charge is -2.32. The summed E-state index contributed by atoms with van der Waals surface area (Å²) >= 11 is 1.45. The molecule has 0 aliphatic rings. The summed E-state index contributed by atoms with van der Waals surface area (Å²) in [6.07, 6.45) is -1.36. The van der Waals surface area contributed by atoms with Gasteiger partial charge in [0.25, 0.3) is 0 Å². The second-order valence-corrected chi connectivity index (χ2v) is 14.8. The zero-order valence-electron chi connectivity index (χ0n) is 27.1. The van der Waals surface area contributed by atoms with E-state index in [-0.39, 0.29) is 36.9 Å². The Hall–Kier alpha value is -3.89. The maximum absolute atomic E-state index is 13.7. The number of aliphatic hydroxyl groups is 2. The predicted molar refractivity (Wildman–Crippen MR) is 180 cm³/mol. The van der Waals surface area contributed by atoms with E-state index in [9.17, 15) is 28.2 Å². The van der Waals surface area contributed by atoms with E-state index in [1.165, 1.54) is 57.9 Å². The average Bonchev–Trinajstić information content (AvgIpc) is 3.43. The van der Waals surface area contributed by atoms with Gasteiger partial charge in [-0.15, -0.1) is 11.3 Å². The number of benzene rings is 2. The largest absolute Gasteiger partial charge is 0.411 e. The molecule has 47 heavy (non-hydrogen) atoms. The highest BCUT2D eigenvalue weighted by Crippen LogP contribution is 2.20. The zero-order valence-corrected chi connectivity index (χ0v) is 28.8. The minimum atomic E-state index is -4.09.